The average molecular weight is 380 g/mol. The number of carbonyl (C=O) groups is 1. The number of hydrogen-bond donors (Lipinski definition) is 1. The maximum atomic E-state index is 12.5. The van der Waals surface area contributed by atoms with E-state index in [9.17, 15) is 9.59 Å². The van der Waals surface area contributed by atoms with Gasteiger partial charge in [-0.2, -0.15) is 10.2 Å². The van der Waals surface area contributed by atoms with Crippen molar-refractivity contribution in [1.82, 2.24) is 15.2 Å². The molecule has 3 rings (SSSR count). The molecule has 0 bridgehead atoms. The van der Waals surface area contributed by atoms with Crippen LogP contribution >= 0.6 is 0 Å². The van der Waals surface area contributed by atoms with E-state index in [4.69, 9.17) is 9.47 Å². The lowest BCUT2D eigenvalue weighted by atomic mass is 10.1. The number of hydrazone groups is 1. The predicted octanol–water partition coefficient (Wildman–Crippen LogP) is 2.10. The van der Waals surface area contributed by atoms with Gasteiger partial charge in [-0.3, -0.25) is 9.59 Å². The van der Waals surface area contributed by atoms with Crippen molar-refractivity contribution in [3.05, 3.63) is 64.1 Å². The molecular formula is C20H20N4O4. The molecule has 1 aromatic heterocycles. The molecule has 0 aliphatic carbocycles. The first kappa shape index (κ1) is 19.1. The van der Waals surface area contributed by atoms with Crippen LogP contribution in [0.4, 0.5) is 0 Å². The Hall–Kier alpha value is -3.68. The van der Waals surface area contributed by atoms with Gasteiger partial charge in [-0.1, -0.05) is 18.2 Å². The third-order valence-electron chi connectivity index (χ3n) is 4.04. The number of ether oxygens (including phenoxy) is 2. The van der Waals surface area contributed by atoms with E-state index in [-0.39, 0.29) is 11.3 Å². The SMILES string of the molecule is CCOc1ccc(C=NNC(=O)c2nn(C)c(=O)c3ccccc23)cc1OC. The van der Waals surface area contributed by atoms with E-state index in [0.717, 1.165) is 10.2 Å². The van der Waals surface area contributed by atoms with Crippen LogP contribution in [0.15, 0.2) is 52.4 Å². The van der Waals surface area contributed by atoms with E-state index in [1.54, 1.807) is 49.6 Å². The molecule has 1 N–H and O–H groups in total. The lowest BCUT2D eigenvalue weighted by Gasteiger charge is -2.09. The van der Waals surface area contributed by atoms with Crippen LogP contribution in [0, 0.1) is 0 Å². The van der Waals surface area contributed by atoms with Gasteiger partial charge < -0.3 is 9.47 Å². The summed E-state index contributed by atoms with van der Waals surface area (Å²) in [4.78, 5) is 24.7. The van der Waals surface area contributed by atoms with Crippen molar-refractivity contribution in [3.63, 3.8) is 0 Å². The second-order valence-corrected chi connectivity index (χ2v) is 5.87. The molecule has 0 aliphatic rings. The Bertz CT molecular complexity index is 1110. The van der Waals surface area contributed by atoms with Gasteiger partial charge in [0, 0.05) is 12.4 Å². The predicted molar refractivity (Wildman–Crippen MR) is 106 cm³/mol. The Balaban J connectivity index is 1.82. The van der Waals surface area contributed by atoms with Crippen molar-refractivity contribution in [2.45, 2.75) is 6.92 Å². The van der Waals surface area contributed by atoms with Gasteiger partial charge in [0.25, 0.3) is 11.5 Å². The van der Waals surface area contributed by atoms with Crippen LogP contribution in [0.1, 0.15) is 23.0 Å². The van der Waals surface area contributed by atoms with Gasteiger partial charge in [-0.15, -0.1) is 0 Å². The van der Waals surface area contributed by atoms with Gasteiger partial charge >= 0.3 is 0 Å². The molecule has 144 valence electrons. The molecule has 0 aliphatic heterocycles. The quantitative estimate of drug-likeness (QED) is 0.522. The zero-order chi connectivity index (χ0) is 20.1. The van der Waals surface area contributed by atoms with Crippen LogP contribution in [0.25, 0.3) is 10.8 Å². The first-order valence-corrected chi connectivity index (χ1v) is 8.65. The number of aryl methyl sites for hydroxylation is 1. The summed E-state index contributed by atoms with van der Waals surface area (Å²) in [6.45, 7) is 2.42. The highest BCUT2D eigenvalue weighted by molar-refractivity contribution is 6.04. The van der Waals surface area contributed by atoms with E-state index in [1.165, 1.54) is 13.3 Å². The monoisotopic (exact) mass is 380 g/mol. The first-order valence-electron chi connectivity index (χ1n) is 8.65. The second kappa shape index (κ2) is 8.34. The Morgan fingerprint density at radius 1 is 1.21 bits per heavy atom. The molecule has 0 radical (unpaired) electrons. The molecule has 8 heteroatoms. The molecule has 0 saturated heterocycles. The summed E-state index contributed by atoms with van der Waals surface area (Å²) in [7, 11) is 3.05. The van der Waals surface area contributed by atoms with Crippen molar-refractivity contribution in [2.24, 2.45) is 12.1 Å². The minimum Gasteiger partial charge on any atom is -0.493 e. The van der Waals surface area contributed by atoms with Gasteiger partial charge in [-0.25, -0.2) is 10.1 Å². The van der Waals surface area contributed by atoms with Gasteiger partial charge in [0.05, 0.1) is 25.3 Å². The third-order valence-corrected chi connectivity index (χ3v) is 4.04. The Kier molecular flexibility index (Phi) is 5.69. The van der Waals surface area contributed by atoms with E-state index >= 15 is 0 Å². The molecule has 0 fully saturated rings. The largest absolute Gasteiger partial charge is 0.493 e. The lowest BCUT2D eigenvalue weighted by molar-refractivity contribution is 0.0950. The molecular weight excluding hydrogens is 360 g/mol. The standard InChI is InChI=1S/C20H20N4O4/c1-4-28-16-10-9-13(11-17(16)27-3)12-21-22-19(25)18-14-7-5-6-8-15(14)20(26)24(2)23-18/h5-12H,4H2,1-3H3,(H,22,25). The first-order chi connectivity index (χ1) is 13.5. The summed E-state index contributed by atoms with van der Waals surface area (Å²) >= 11 is 0. The van der Waals surface area contributed by atoms with E-state index < -0.39 is 5.91 Å². The summed E-state index contributed by atoms with van der Waals surface area (Å²) in [5.74, 6) is 0.691. The van der Waals surface area contributed by atoms with Crippen molar-refractivity contribution in [3.8, 4) is 11.5 Å². The minimum atomic E-state index is -0.513. The molecule has 1 amide bonds. The molecule has 0 atom stereocenters. The fourth-order valence-corrected chi connectivity index (χ4v) is 2.73. The van der Waals surface area contributed by atoms with Crippen molar-refractivity contribution >= 4 is 22.9 Å². The Labute approximate surface area is 161 Å². The minimum absolute atomic E-state index is 0.124. The summed E-state index contributed by atoms with van der Waals surface area (Å²) < 4.78 is 11.9. The van der Waals surface area contributed by atoms with Crippen LogP contribution < -0.4 is 20.5 Å². The molecule has 0 saturated carbocycles. The van der Waals surface area contributed by atoms with Crippen LogP contribution in [-0.2, 0) is 7.05 Å². The normalized spacial score (nSPS) is 11.0. The second-order valence-electron chi connectivity index (χ2n) is 5.87. The van der Waals surface area contributed by atoms with E-state index in [0.29, 0.717) is 28.9 Å². The summed E-state index contributed by atoms with van der Waals surface area (Å²) in [5.41, 5.74) is 3.02. The number of rotatable bonds is 6. The van der Waals surface area contributed by atoms with Crippen LogP contribution in [-0.4, -0.2) is 35.6 Å². The lowest BCUT2D eigenvalue weighted by Crippen LogP contribution is -2.27. The highest BCUT2D eigenvalue weighted by atomic mass is 16.5. The highest BCUT2D eigenvalue weighted by Gasteiger charge is 2.15. The summed E-state index contributed by atoms with van der Waals surface area (Å²) in [5, 5.41) is 8.94. The molecule has 1 heterocycles. The maximum Gasteiger partial charge on any atom is 0.292 e. The van der Waals surface area contributed by atoms with Crippen LogP contribution in [0.5, 0.6) is 11.5 Å². The van der Waals surface area contributed by atoms with Crippen molar-refractivity contribution in [1.29, 1.82) is 0 Å². The van der Waals surface area contributed by atoms with Gasteiger partial charge in [0.1, 0.15) is 0 Å². The van der Waals surface area contributed by atoms with Gasteiger partial charge in [0.2, 0.25) is 0 Å². The summed E-state index contributed by atoms with van der Waals surface area (Å²) in [6.07, 6.45) is 1.49. The third kappa shape index (κ3) is 3.85. The summed E-state index contributed by atoms with van der Waals surface area (Å²) in [6, 6.07) is 12.1. The molecule has 8 nitrogen and oxygen atoms in total. The molecule has 3 aromatic rings. The number of nitrogens with one attached hydrogen (secondary N) is 1. The zero-order valence-corrected chi connectivity index (χ0v) is 15.8. The van der Waals surface area contributed by atoms with Crippen LogP contribution in [0.3, 0.4) is 0 Å². The fourth-order valence-electron chi connectivity index (χ4n) is 2.73. The molecule has 0 spiro atoms. The smallest absolute Gasteiger partial charge is 0.292 e. The van der Waals surface area contributed by atoms with E-state index in [2.05, 4.69) is 15.6 Å². The number of benzene rings is 2. The van der Waals surface area contributed by atoms with Gasteiger partial charge in [-0.05, 0) is 36.8 Å². The molecule has 0 unspecified atom stereocenters. The van der Waals surface area contributed by atoms with E-state index in [1.807, 2.05) is 6.92 Å². The Morgan fingerprint density at radius 2 is 1.96 bits per heavy atom. The van der Waals surface area contributed by atoms with Crippen molar-refractivity contribution < 1.29 is 14.3 Å². The number of methoxy groups -OCH3 is 1. The van der Waals surface area contributed by atoms with Crippen LogP contribution in [0.2, 0.25) is 0 Å². The Morgan fingerprint density at radius 3 is 2.68 bits per heavy atom. The fraction of sp³-hybridized carbons (Fsp3) is 0.200. The number of amides is 1. The zero-order valence-electron chi connectivity index (χ0n) is 15.8. The number of fused-ring (bicyclic) bond motifs is 1. The average Bonchev–Trinajstić information content (AvgIpc) is 2.71. The highest BCUT2D eigenvalue weighted by Crippen LogP contribution is 2.27. The number of hydrogen-bond acceptors (Lipinski definition) is 6. The topological polar surface area (TPSA) is 94.8 Å². The van der Waals surface area contributed by atoms with Crippen molar-refractivity contribution in [2.75, 3.05) is 13.7 Å². The number of aromatic nitrogens is 2. The maximum absolute atomic E-state index is 12.5. The number of nitrogens with zero attached hydrogens (tertiary/aromatic N) is 3. The number of carbonyl (C=O) groups excluding carboxylic acids is 1. The van der Waals surface area contributed by atoms with Gasteiger partial charge in [0.15, 0.2) is 17.2 Å². The molecule has 2 aromatic carbocycles. The molecule has 28 heavy (non-hydrogen) atoms.